The Kier molecular flexibility index (Phi) is 5.70. The van der Waals surface area contributed by atoms with E-state index in [0.717, 1.165) is 22.0 Å². The van der Waals surface area contributed by atoms with Crippen molar-refractivity contribution >= 4 is 51.9 Å². The van der Waals surface area contributed by atoms with E-state index < -0.39 is 0 Å². The van der Waals surface area contributed by atoms with E-state index in [1.807, 2.05) is 31.4 Å². The van der Waals surface area contributed by atoms with Gasteiger partial charge in [-0.2, -0.15) is 0 Å². The van der Waals surface area contributed by atoms with Crippen molar-refractivity contribution in [1.29, 1.82) is 0 Å². The highest BCUT2D eigenvalue weighted by atomic mass is 35.5. The van der Waals surface area contributed by atoms with E-state index in [4.69, 9.17) is 23.8 Å². The molecule has 0 saturated carbocycles. The van der Waals surface area contributed by atoms with Crippen molar-refractivity contribution in [2.24, 2.45) is 0 Å². The number of thiocarbonyl (C=S) groups is 1. The number of nitrogens with one attached hydrogen (secondary N) is 3. The highest BCUT2D eigenvalue weighted by Crippen LogP contribution is 2.22. The van der Waals surface area contributed by atoms with Crippen LogP contribution in [0.2, 0.25) is 5.02 Å². The lowest BCUT2D eigenvalue weighted by atomic mass is 10.2. The first kappa shape index (κ1) is 16.7. The molecule has 5 nitrogen and oxygen atoms in total. The van der Waals surface area contributed by atoms with Crippen LogP contribution in [0.5, 0.6) is 0 Å². The van der Waals surface area contributed by atoms with Gasteiger partial charge < -0.3 is 5.32 Å². The Morgan fingerprint density at radius 3 is 2.82 bits per heavy atom. The summed E-state index contributed by atoms with van der Waals surface area (Å²) >= 11 is 12.7. The highest BCUT2D eigenvalue weighted by molar-refractivity contribution is 7.80. The number of amides is 1. The van der Waals surface area contributed by atoms with Crippen molar-refractivity contribution in [2.45, 2.75) is 20.3 Å². The normalized spacial score (nSPS) is 10.1. The molecule has 2 rings (SSSR count). The number of hydrogen-bond donors (Lipinski definition) is 3. The molecule has 0 unspecified atom stereocenters. The zero-order chi connectivity index (χ0) is 16.1. The predicted molar refractivity (Wildman–Crippen MR) is 94.2 cm³/mol. The first-order valence-corrected chi connectivity index (χ1v) is 8.14. The number of hydrogen-bond acceptors (Lipinski definition) is 4. The second-order valence-corrected chi connectivity index (χ2v) is 6.45. The zero-order valence-electron chi connectivity index (χ0n) is 12.1. The number of aryl methyl sites for hydroxylation is 1. The second-order valence-electron chi connectivity index (χ2n) is 4.57. The lowest BCUT2D eigenvalue weighted by Gasteiger charge is -2.13. The van der Waals surface area contributed by atoms with E-state index >= 15 is 0 Å². The maximum absolute atomic E-state index is 11.8. The van der Waals surface area contributed by atoms with Crippen molar-refractivity contribution in [1.82, 2.24) is 15.8 Å². The molecule has 8 heteroatoms. The molecular formula is C14H15ClN4OS2. The van der Waals surface area contributed by atoms with E-state index in [-0.39, 0.29) is 17.4 Å². The van der Waals surface area contributed by atoms with Crippen LogP contribution in [0.1, 0.15) is 16.3 Å². The van der Waals surface area contributed by atoms with Gasteiger partial charge in [0.2, 0.25) is 5.91 Å². The van der Waals surface area contributed by atoms with E-state index in [1.54, 1.807) is 6.07 Å². The molecule has 1 aromatic carbocycles. The molecule has 0 aliphatic rings. The Labute approximate surface area is 143 Å². The van der Waals surface area contributed by atoms with Crippen LogP contribution in [0, 0.1) is 13.8 Å². The molecule has 0 bridgehead atoms. The second kappa shape index (κ2) is 7.53. The van der Waals surface area contributed by atoms with E-state index in [9.17, 15) is 4.79 Å². The van der Waals surface area contributed by atoms with Crippen molar-refractivity contribution < 1.29 is 4.79 Å². The summed E-state index contributed by atoms with van der Waals surface area (Å²) < 4.78 is 0. The van der Waals surface area contributed by atoms with Crippen LogP contribution in [-0.2, 0) is 11.2 Å². The van der Waals surface area contributed by atoms with Crippen LogP contribution < -0.4 is 16.2 Å². The van der Waals surface area contributed by atoms with Gasteiger partial charge in [-0.05, 0) is 43.8 Å². The van der Waals surface area contributed by atoms with Gasteiger partial charge in [0.25, 0.3) is 0 Å². The summed E-state index contributed by atoms with van der Waals surface area (Å²) in [6, 6.07) is 5.48. The maximum Gasteiger partial charge on any atom is 0.244 e. The third kappa shape index (κ3) is 4.66. The molecule has 0 aliphatic heterocycles. The van der Waals surface area contributed by atoms with Gasteiger partial charge in [0.15, 0.2) is 5.11 Å². The fourth-order valence-corrected chi connectivity index (χ4v) is 2.67. The fourth-order valence-electron chi connectivity index (χ4n) is 1.72. The third-order valence-electron chi connectivity index (χ3n) is 2.84. The first-order chi connectivity index (χ1) is 10.5. The Balaban J connectivity index is 1.82. The van der Waals surface area contributed by atoms with Gasteiger partial charge in [-0.3, -0.25) is 15.6 Å². The molecule has 3 N–H and O–H groups in total. The van der Waals surface area contributed by atoms with Crippen molar-refractivity contribution in [3.8, 4) is 0 Å². The summed E-state index contributed by atoms with van der Waals surface area (Å²) in [5.74, 6) is -0.211. The average molecular weight is 355 g/mol. The molecule has 0 spiro atoms. The third-order valence-corrected chi connectivity index (χ3v) is 4.28. The summed E-state index contributed by atoms with van der Waals surface area (Å²) in [6.45, 7) is 3.78. The largest absolute Gasteiger partial charge is 0.331 e. The number of anilines is 1. The molecule has 22 heavy (non-hydrogen) atoms. The predicted octanol–water partition coefficient (Wildman–Crippen LogP) is 2.97. The Hall–Kier alpha value is -1.70. The minimum absolute atomic E-state index is 0.205. The number of halogens is 1. The van der Waals surface area contributed by atoms with Crippen molar-refractivity contribution in [3.05, 3.63) is 44.9 Å². The number of benzene rings is 1. The fraction of sp³-hybridized carbons (Fsp3) is 0.214. The standard InChI is InChI=1S/C14H15ClN4OS2/c1-8-11(15)4-3-5-12(8)17-14(21)19-18-13(20)6-10-7-22-9(2)16-10/h3-5,7H,6H2,1-2H3,(H,18,20)(H2,17,19,21). The molecule has 0 atom stereocenters. The molecule has 0 fully saturated rings. The van der Waals surface area contributed by atoms with Crippen LogP contribution in [-0.4, -0.2) is 16.0 Å². The monoisotopic (exact) mass is 354 g/mol. The van der Waals surface area contributed by atoms with Crippen LogP contribution >= 0.6 is 35.2 Å². The first-order valence-electron chi connectivity index (χ1n) is 6.47. The number of thiazole rings is 1. The van der Waals surface area contributed by atoms with Gasteiger partial charge in [0.05, 0.1) is 17.1 Å². The zero-order valence-corrected chi connectivity index (χ0v) is 14.5. The summed E-state index contributed by atoms with van der Waals surface area (Å²) in [4.78, 5) is 16.0. The molecule has 2 aromatic rings. The van der Waals surface area contributed by atoms with Crippen molar-refractivity contribution in [3.63, 3.8) is 0 Å². The van der Waals surface area contributed by atoms with Gasteiger partial charge in [-0.25, -0.2) is 4.98 Å². The van der Waals surface area contributed by atoms with E-state index in [0.29, 0.717) is 5.02 Å². The quantitative estimate of drug-likeness (QED) is 0.584. The lowest BCUT2D eigenvalue weighted by Crippen LogP contribution is -2.44. The van der Waals surface area contributed by atoms with Gasteiger partial charge in [0.1, 0.15) is 0 Å². The number of carbonyl (C=O) groups excluding carboxylic acids is 1. The molecule has 116 valence electrons. The van der Waals surface area contributed by atoms with Crippen LogP contribution in [0.3, 0.4) is 0 Å². The SMILES string of the molecule is Cc1nc(CC(=O)NNC(=S)Nc2cccc(Cl)c2C)cs1. The van der Waals surface area contributed by atoms with E-state index in [1.165, 1.54) is 11.3 Å². The summed E-state index contributed by atoms with van der Waals surface area (Å²) in [5.41, 5.74) is 7.61. The summed E-state index contributed by atoms with van der Waals surface area (Å²) in [6.07, 6.45) is 0.205. The summed E-state index contributed by atoms with van der Waals surface area (Å²) in [7, 11) is 0. The maximum atomic E-state index is 11.8. The van der Waals surface area contributed by atoms with Crippen molar-refractivity contribution in [2.75, 3.05) is 5.32 Å². The smallest absolute Gasteiger partial charge is 0.244 e. The van der Waals surface area contributed by atoms with Crippen LogP contribution in [0.4, 0.5) is 5.69 Å². The van der Waals surface area contributed by atoms with Crippen LogP contribution in [0.25, 0.3) is 0 Å². The molecule has 0 radical (unpaired) electrons. The van der Waals surface area contributed by atoms with Gasteiger partial charge in [-0.15, -0.1) is 11.3 Å². The number of hydrazine groups is 1. The molecule has 1 amide bonds. The summed E-state index contributed by atoms with van der Waals surface area (Å²) in [5, 5.41) is 6.71. The lowest BCUT2D eigenvalue weighted by molar-refractivity contribution is -0.121. The number of nitrogens with zero attached hydrogens (tertiary/aromatic N) is 1. The molecule has 1 heterocycles. The Morgan fingerprint density at radius 1 is 1.36 bits per heavy atom. The minimum Gasteiger partial charge on any atom is -0.331 e. The topological polar surface area (TPSA) is 66.0 Å². The Morgan fingerprint density at radius 2 is 2.14 bits per heavy atom. The minimum atomic E-state index is -0.211. The highest BCUT2D eigenvalue weighted by Gasteiger charge is 2.08. The van der Waals surface area contributed by atoms with Gasteiger partial charge in [-0.1, -0.05) is 17.7 Å². The molecule has 0 saturated heterocycles. The number of aromatic nitrogens is 1. The number of carbonyl (C=O) groups is 1. The molecule has 1 aromatic heterocycles. The molecular weight excluding hydrogens is 340 g/mol. The Bertz CT molecular complexity index is 702. The van der Waals surface area contributed by atoms with E-state index in [2.05, 4.69) is 21.2 Å². The molecule has 0 aliphatic carbocycles. The van der Waals surface area contributed by atoms with Crippen LogP contribution in [0.15, 0.2) is 23.6 Å². The van der Waals surface area contributed by atoms with Gasteiger partial charge in [0, 0.05) is 16.1 Å². The van der Waals surface area contributed by atoms with Gasteiger partial charge >= 0.3 is 0 Å². The average Bonchev–Trinajstić information content (AvgIpc) is 2.87. The number of rotatable bonds is 3.